The molecule has 4 heteroatoms. The number of amides is 1. The van der Waals surface area contributed by atoms with E-state index in [0.29, 0.717) is 6.42 Å². The van der Waals surface area contributed by atoms with E-state index in [0.717, 1.165) is 25.1 Å². The van der Waals surface area contributed by atoms with E-state index in [1.165, 1.54) is 0 Å². The van der Waals surface area contributed by atoms with Crippen LogP contribution in [-0.4, -0.2) is 38.0 Å². The lowest BCUT2D eigenvalue weighted by Gasteiger charge is -2.33. The largest absolute Gasteiger partial charge is 0.368 e. The summed E-state index contributed by atoms with van der Waals surface area (Å²) < 4.78 is 0. The summed E-state index contributed by atoms with van der Waals surface area (Å²) in [5.41, 5.74) is 5.88. The van der Waals surface area contributed by atoms with Crippen LogP contribution in [-0.2, 0) is 10.3 Å². The molecule has 106 valence electrons. The highest BCUT2D eigenvalue weighted by Gasteiger charge is 2.37. The van der Waals surface area contributed by atoms with E-state index in [-0.39, 0.29) is 5.91 Å². The molecule has 1 aromatic carbocycles. The van der Waals surface area contributed by atoms with Crippen LogP contribution in [0.2, 0.25) is 0 Å². The van der Waals surface area contributed by atoms with E-state index < -0.39 is 5.54 Å². The second kappa shape index (κ2) is 7.26. The molecule has 1 unspecified atom stereocenters. The molecule has 1 rings (SSSR count). The molecule has 4 nitrogen and oxygen atoms in total. The third-order valence-corrected chi connectivity index (χ3v) is 3.30. The van der Waals surface area contributed by atoms with Crippen molar-refractivity contribution in [3.63, 3.8) is 0 Å². The van der Waals surface area contributed by atoms with Gasteiger partial charge in [-0.15, -0.1) is 0 Å². The topological polar surface area (TPSA) is 58.4 Å². The lowest BCUT2D eigenvalue weighted by molar-refractivity contribution is -0.125. The van der Waals surface area contributed by atoms with Crippen molar-refractivity contribution in [1.29, 1.82) is 0 Å². The van der Waals surface area contributed by atoms with Gasteiger partial charge in [-0.2, -0.15) is 0 Å². The minimum atomic E-state index is -0.776. The van der Waals surface area contributed by atoms with Crippen LogP contribution >= 0.6 is 0 Å². The van der Waals surface area contributed by atoms with Crippen molar-refractivity contribution < 1.29 is 4.79 Å². The standard InChI is InChI=1S/C15H25N3O/c1-4-11-17-15(14(16)19,10-12-18(2)3)13-8-6-5-7-9-13/h5-9,17H,4,10-12H2,1-3H3,(H2,16,19). The summed E-state index contributed by atoms with van der Waals surface area (Å²) in [5.74, 6) is -0.311. The maximum Gasteiger partial charge on any atom is 0.242 e. The number of rotatable bonds is 8. The molecule has 0 aliphatic rings. The van der Waals surface area contributed by atoms with Crippen LogP contribution in [0, 0.1) is 0 Å². The molecule has 1 amide bonds. The Morgan fingerprint density at radius 1 is 1.32 bits per heavy atom. The zero-order valence-corrected chi connectivity index (χ0v) is 12.1. The minimum Gasteiger partial charge on any atom is -0.368 e. The smallest absolute Gasteiger partial charge is 0.242 e. The Hall–Kier alpha value is -1.39. The Bertz CT molecular complexity index is 392. The van der Waals surface area contributed by atoms with Crippen LogP contribution in [0.15, 0.2) is 30.3 Å². The summed E-state index contributed by atoms with van der Waals surface area (Å²) in [6.45, 7) is 3.65. The van der Waals surface area contributed by atoms with Crippen LogP contribution < -0.4 is 11.1 Å². The molecule has 0 heterocycles. The highest BCUT2D eigenvalue weighted by molar-refractivity contribution is 5.86. The van der Waals surface area contributed by atoms with Gasteiger partial charge in [-0.3, -0.25) is 10.1 Å². The zero-order valence-electron chi connectivity index (χ0n) is 12.1. The van der Waals surface area contributed by atoms with Gasteiger partial charge in [0.1, 0.15) is 5.54 Å². The van der Waals surface area contributed by atoms with Crippen molar-refractivity contribution in [2.75, 3.05) is 27.2 Å². The van der Waals surface area contributed by atoms with Gasteiger partial charge in [0.25, 0.3) is 0 Å². The molecule has 0 spiro atoms. The molecular weight excluding hydrogens is 238 g/mol. The van der Waals surface area contributed by atoms with Gasteiger partial charge in [0.15, 0.2) is 0 Å². The number of nitrogens with two attached hydrogens (primary N) is 1. The fourth-order valence-electron chi connectivity index (χ4n) is 2.14. The van der Waals surface area contributed by atoms with Crippen LogP contribution in [0.1, 0.15) is 25.3 Å². The molecule has 0 radical (unpaired) electrons. The van der Waals surface area contributed by atoms with Crippen molar-refractivity contribution in [3.8, 4) is 0 Å². The Labute approximate surface area is 116 Å². The monoisotopic (exact) mass is 263 g/mol. The Morgan fingerprint density at radius 3 is 2.42 bits per heavy atom. The molecule has 1 atom stereocenters. The molecule has 3 N–H and O–H groups in total. The summed E-state index contributed by atoms with van der Waals surface area (Å²) in [5, 5.41) is 3.35. The lowest BCUT2D eigenvalue weighted by atomic mass is 9.85. The predicted molar refractivity (Wildman–Crippen MR) is 78.8 cm³/mol. The van der Waals surface area contributed by atoms with Gasteiger partial charge in [-0.05, 0) is 39.0 Å². The number of hydrogen-bond acceptors (Lipinski definition) is 3. The van der Waals surface area contributed by atoms with Gasteiger partial charge in [-0.1, -0.05) is 37.3 Å². The third kappa shape index (κ3) is 4.04. The van der Waals surface area contributed by atoms with Crippen LogP contribution in [0.5, 0.6) is 0 Å². The Kier molecular flexibility index (Phi) is 5.99. The summed E-state index contributed by atoms with van der Waals surface area (Å²) in [4.78, 5) is 14.1. The number of carbonyl (C=O) groups is 1. The van der Waals surface area contributed by atoms with E-state index in [1.807, 2.05) is 44.4 Å². The fourth-order valence-corrected chi connectivity index (χ4v) is 2.14. The van der Waals surface area contributed by atoms with Gasteiger partial charge in [-0.25, -0.2) is 0 Å². The van der Waals surface area contributed by atoms with Crippen molar-refractivity contribution in [2.24, 2.45) is 5.73 Å². The Balaban J connectivity index is 3.07. The van der Waals surface area contributed by atoms with E-state index in [2.05, 4.69) is 17.1 Å². The summed E-state index contributed by atoms with van der Waals surface area (Å²) in [7, 11) is 3.99. The van der Waals surface area contributed by atoms with E-state index in [9.17, 15) is 4.79 Å². The molecule has 0 bridgehead atoms. The van der Waals surface area contributed by atoms with E-state index in [1.54, 1.807) is 0 Å². The average Bonchev–Trinajstić information content (AvgIpc) is 2.39. The second-order valence-corrected chi connectivity index (χ2v) is 5.12. The molecule has 0 saturated heterocycles. The Morgan fingerprint density at radius 2 is 1.95 bits per heavy atom. The molecule has 19 heavy (non-hydrogen) atoms. The molecule has 0 saturated carbocycles. The van der Waals surface area contributed by atoms with Gasteiger partial charge >= 0.3 is 0 Å². The summed E-state index contributed by atoms with van der Waals surface area (Å²) in [6.07, 6.45) is 1.63. The third-order valence-electron chi connectivity index (χ3n) is 3.30. The molecule has 1 aromatic rings. The number of benzene rings is 1. The van der Waals surface area contributed by atoms with Crippen molar-refractivity contribution in [3.05, 3.63) is 35.9 Å². The second-order valence-electron chi connectivity index (χ2n) is 5.12. The predicted octanol–water partition coefficient (Wildman–Crippen LogP) is 1.32. The van der Waals surface area contributed by atoms with E-state index >= 15 is 0 Å². The molecule has 0 aromatic heterocycles. The van der Waals surface area contributed by atoms with Gasteiger partial charge in [0.05, 0.1) is 0 Å². The zero-order chi connectivity index (χ0) is 14.3. The number of nitrogens with one attached hydrogen (secondary N) is 1. The first-order valence-corrected chi connectivity index (χ1v) is 6.78. The SMILES string of the molecule is CCCNC(CCN(C)C)(C(N)=O)c1ccccc1. The number of hydrogen-bond donors (Lipinski definition) is 2. The van der Waals surface area contributed by atoms with E-state index in [4.69, 9.17) is 5.73 Å². The highest BCUT2D eigenvalue weighted by Crippen LogP contribution is 2.25. The molecular formula is C15H25N3O. The van der Waals surface area contributed by atoms with Crippen molar-refractivity contribution in [1.82, 2.24) is 10.2 Å². The maximum atomic E-state index is 12.1. The first-order valence-electron chi connectivity index (χ1n) is 6.78. The van der Waals surface area contributed by atoms with Gasteiger partial charge in [0.2, 0.25) is 5.91 Å². The van der Waals surface area contributed by atoms with Crippen LogP contribution in [0.25, 0.3) is 0 Å². The van der Waals surface area contributed by atoms with Crippen LogP contribution in [0.4, 0.5) is 0 Å². The van der Waals surface area contributed by atoms with Gasteiger partial charge < -0.3 is 10.6 Å². The first-order chi connectivity index (χ1) is 9.03. The normalized spacial score (nSPS) is 14.3. The van der Waals surface area contributed by atoms with Crippen molar-refractivity contribution >= 4 is 5.91 Å². The molecule has 0 fully saturated rings. The number of nitrogens with zero attached hydrogens (tertiary/aromatic N) is 1. The van der Waals surface area contributed by atoms with Crippen molar-refractivity contribution in [2.45, 2.75) is 25.3 Å². The van der Waals surface area contributed by atoms with Gasteiger partial charge in [0, 0.05) is 6.54 Å². The minimum absolute atomic E-state index is 0.311. The summed E-state index contributed by atoms with van der Waals surface area (Å²) in [6, 6.07) is 9.75. The fraction of sp³-hybridized carbons (Fsp3) is 0.533. The first kappa shape index (κ1) is 15.7. The average molecular weight is 263 g/mol. The molecule has 0 aliphatic carbocycles. The number of carbonyl (C=O) groups excluding carboxylic acids is 1. The maximum absolute atomic E-state index is 12.1. The quantitative estimate of drug-likeness (QED) is 0.743. The lowest BCUT2D eigenvalue weighted by Crippen LogP contribution is -2.54. The van der Waals surface area contributed by atoms with Crippen LogP contribution in [0.3, 0.4) is 0 Å². The highest BCUT2D eigenvalue weighted by atomic mass is 16.1. The molecule has 0 aliphatic heterocycles. The summed E-state index contributed by atoms with van der Waals surface area (Å²) >= 11 is 0. The number of primary amides is 1.